The summed E-state index contributed by atoms with van der Waals surface area (Å²) >= 11 is 4.18. The number of amides is 2. The van der Waals surface area contributed by atoms with Crippen LogP contribution in [-0.2, 0) is 0 Å². The molecular formula is C35H25N7O2S3. The van der Waals surface area contributed by atoms with Crippen LogP contribution >= 0.6 is 34.0 Å². The number of carbonyl (C=O) groups is 2. The highest BCUT2D eigenvalue weighted by Crippen LogP contribution is 2.33. The standard InChI is InChI=1S/C35H25N7O2S3/c1-20-26-17-29(46-33(26)41(39-20)24-9-5-3-6-10-24)31(43)36-23-15-13-22(14-16-23)28-19-45-35(37-28)38-32(44)30-18-27-21(2)40-42(34(27)47-30)25-11-7-4-8-12-25/h3-19H,1-2H3,(H,36,43)(H,37,38,44). The van der Waals surface area contributed by atoms with Crippen LogP contribution < -0.4 is 10.6 Å². The molecule has 9 nitrogen and oxygen atoms in total. The lowest BCUT2D eigenvalue weighted by molar-refractivity contribution is 0.102. The van der Waals surface area contributed by atoms with Gasteiger partial charge in [-0.15, -0.1) is 34.0 Å². The zero-order valence-corrected chi connectivity index (χ0v) is 27.5. The van der Waals surface area contributed by atoms with Crippen molar-refractivity contribution in [3.63, 3.8) is 0 Å². The van der Waals surface area contributed by atoms with Crippen molar-refractivity contribution in [2.75, 3.05) is 10.6 Å². The molecule has 0 radical (unpaired) electrons. The monoisotopic (exact) mass is 671 g/mol. The van der Waals surface area contributed by atoms with E-state index in [0.717, 1.165) is 54.5 Å². The number of rotatable bonds is 7. The van der Waals surface area contributed by atoms with E-state index in [0.29, 0.717) is 20.6 Å². The van der Waals surface area contributed by atoms with Crippen LogP contribution in [0.5, 0.6) is 0 Å². The molecule has 0 fully saturated rings. The van der Waals surface area contributed by atoms with Crippen LogP contribution in [-0.4, -0.2) is 36.4 Å². The van der Waals surface area contributed by atoms with Crippen LogP contribution in [0.4, 0.5) is 10.8 Å². The first-order chi connectivity index (χ1) is 22.9. The van der Waals surface area contributed by atoms with Crippen LogP contribution in [0.15, 0.2) is 102 Å². The number of hydrogen-bond donors (Lipinski definition) is 2. The van der Waals surface area contributed by atoms with Gasteiger partial charge >= 0.3 is 0 Å². The zero-order chi connectivity index (χ0) is 32.1. The quantitative estimate of drug-likeness (QED) is 0.176. The molecule has 0 aliphatic carbocycles. The van der Waals surface area contributed by atoms with E-state index in [4.69, 9.17) is 0 Å². The number of benzene rings is 3. The van der Waals surface area contributed by atoms with Crippen LogP contribution in [0.1, 0.15) is 30.7 Å². The van der Waals surface area contributed by atoms with Gasteiger partial charge in [0.1, 0.15) is 9.66 Å². The average molecular weight is 672 g/mol. The maximum absolute atomic E-state index is 13.2. The Labute approximate surface area is 280 Å². The number of thiazole rings is 1. The summed E-state index contributed by atoms with van der Waals surface area (Å²) in [6, 6.07) is 31.1. The van der Waals surface area contributed by atoms with E-state index in [9.17, 15) is 9.59 Å². The Bertz CT molecular complexity index is 2420. The largest absolute Gasteiger partial charge is 0.321 e. The number of nitrogens with one attached hydrogen (secondary N) is 2. The average Bonchev–Trinajstić information content (AvgIpc) is 3.92. The molecule has 2 amide bonds. The van der Waals surface area contributed by atoms with Crippen LogP contribution in [0.2, 0.25) is 0 Å². The molecule has 8 aromatic rings. The van der Waals surface area contributed by atoms with Gasteiger partial charge in [0.05, 0.1) is 38.2 Å². The maximum atomic E-state index is 13.2. The van der Waals surface area contributed by atoms with Gasteiger partial charge in [-0.3, -0.25) is 14.9 Å². The predicted molar refractivity (Wildman–Crippen MR) is 191 cm³/mol. The number of para-hydroxylation sites is 2. The number of carbonyl (C=O) groups excluding carboxylic acids is 2. The highest BCUT2D eigenvalue weighted by molar-refractivity contribution is 7.21. The minimum atomic E-state index is -0.211. The number of anilines is 2. The Morgan fingerprint density at radius 1 is 0.660 bits per heavy atom. The molecule has 2 N–H and O–H groups in total. The Kier molecular flexibility index (Phi) is 7.24. The van der Waals surface area contributed by atoms with Crippen molar-refractivity contribution in [2.45, 2.75) is 13.8 Å². The van der Waals surface area contributed by atoms with Crippen LogP contribution in [0.3, 0.4) is 0 Å². The normalized spacial score (nSPS) is 11.4. The topological polar surface area (TPSA) is 107 Å². The van der Waals surface area contributed by atoms with Gasteiger partial charge in [-0.25, -0.2) is 14.3 Å². The summed E-state index contributed by atoms with van der Waals surface area (Å²) < 4.78 is 3.76. The third-order valence-corrected chi connectivity index (χ3v) is 10.7. The van der Waals surface area contributed by atoms with Crippen LogP contribution in [0.25, 0.3) is 43.1 Å². The molecule has 5 aromatic heterocycles. The zero-order valence-electron chi connectivity index (χ0n) is 25.1. The lowest BCUT2D eigenvalue weighted by Gasteiger charge is -2.05. The number of fused-ring (bicyclic) bond motifs is 2. The molecule has 0 atom stereocenters. The summed E-state index contributed by atoms with van der Waals surface area (Å²) in [5.74, 6) is -0.387. The minimum Gasteiger partial charge on any atom is -0.321 e. The van der Waals surface area contributed by atoms with Gasteiger partial charge < -0.3 is 5.32 Å². The Morgan fingerprint density at radius 3 is 1.70 bits per heavy atom. The summed E-state index contributed by atoms with van der Waals surface area (Å²) in [4.78, 5) is 34.1. The molecule has 0 saturated carbocycles. The van der Waals surface area contributed by atoms with Gasteiger partial charge in [-0.05, 0) is 62.4 Å². The van der Waals surface area contributed by atoms with Gasteiger partial charge in [0, 0.05) is 27.4 Å². The van der Waals surface area contributed by atoms with Crippen molar-refractivity contribution in [1.29, 1.82) is 0 Å². The third-order valence-electron chi connectivity index (χ3n) is 7.70. The molecule has 12 heteroatoms. The number of aryl methyl sites for hydroxylation is 2. The van der Waals surface area contributed by atoms with Crippen molar-refractivity contribution >= 4 is 77.1 Å². The van der Waals surface area contributed by atoms with E-state index in [-0.39, 0.29) is 11.8 Å². The van der Waals surface area contributed by atoms with E-state index >= 15 is 0 Å². The summed E-state index contributed by atoms with van der Waals surface area (Å²) in [5.41, 5.74) is 5.94. The Hall–Kier alpha value is -5.43. The highest BCUT2D eigenvalue weighted by Gasteiger charge is 2.20. The van der Waals surface area contributed by atoms with Crippen molar-refractivity contribution in [2.24, 2.45) is 0 Å². The third kappa shape index (κ3) is 5.42. The second-order valence-corrected chi connectivity index (χ2v) is 13.8. The molecule has 5 heterocycles. The van der Waals surface area contributed by atoms with Crippen molar-refractivity contribution < 1.29 is 9.59 Å². The first-order valence-electron chi connectivity index (χ1n) is 14.7. The smallest absolute Gasteiger partial charge is 0.267 e. The molecule has 47 heavy (non-hydrogen) atoms. The fraction of sp³-hybridized carbons (Fsp3) is 0.0571. The van der Waals surface area contributed by atoms with E-state index in [1.165, 1.54) is 34.0 Å². The summed E-state index contributed by atoms with van der Waals surface area (Å²) in [7, 11) is 0. The molecular weight excluding hydrogens is 647 g/mol. The van der Waals surface area contributed by atoms with E-state index in [1.807, 2.05) is 126 Å². The Morgan fingerprint density at radius 2 is 1.17 bits per heavy atom. The van der Waals surface area contributed by atoms with Gasteiger partial charge in [-0.1, -0.05) is 48.5 Å². The fourth-order valence-electron chi connectivity index (χ4n) is 5.35. The lowest BCUT2D eigenvalue weighted by Crippen LogP contribution is -2.10. The predicted octanol–water partition coefficient (Wildman–Crippen LogP) is 8.73. The van der Waals surface area contributed by atoms with Crippen molar-refractivity contribution in [3.8, 4) is 22.6 Å². The molecule has 8 rings (SSSR count). The molecule has 0 aliphatic heterocycles. The lowest BCUT2D eigenvalue weighted by atomic mass is 10.1. The minimum absolute atomic E-state index is 0.176. The molecule has 0 aliphatic rings. The fourth-order valence-corrected chi connectivity index (χ4v) is 8.22. The molecule has 3 aromatic carbocycles. The molecule has 0 unspecified atom stereocenters. The molecule has 230 valence electrons. The molecule has 0 spiro atoms. The highest BCUT2D eigenvalue weighted by atomic mass is 32.1. The second-order valence-electron chi connectivity index (χ2n) is 10.8. The summed E-state index contributed by atoms with van der Waals surface area (Å²) in [6.45, 7) is 3.90. The first kappa shape index (κ1) is 29.0. The summed E-state index contributed by atoms with van der Waals surface area (Å²) in [5, 5.41) is 19.6. The first-order valence-corrected chi connectivity index (χ1v) is 17.2. The SMILES string of the molecule is Cc1nn(-c2ccccc2)c2sc(C(=O)Nc3ccc(-c4csc(NC(=O)c5cc6c(C)nn(-c7ccccc7)c6s5)n4)cc3)cc12. The van der Waals surface area contributed by atoms with E-state index < -0.39 is 0 Å². The van der Waals surface area contributed by atoms with Crippen molar-refractivity contribution in [1.82, 2.24) is 24.5 Å². The van der Waals surface area contributed by atoms with E-state index in [2.05, 4.69) is 25.8 Å². The van der Waals surface area contributed by atoms with Gasteiger partial charge in [0.15, 0.2) is 5.13 Å². The van der Waals surface area contributed by atoms with Crippen molar-refractivity contribution in [3.05, 3.63) is 124 Å². The number of thiophene rings is 2. The summed E-state index contributed by atoms with van der Waals surface area (Å²) in [6.07, 6.45) is 0. The number of hydrogen-bond acceptors (Lipinski definition) is 8. The second kappa shape index (κ2) is 11.7. The van der Waals surface area contributed by atoms with Gasteiger partial charge in [0.2, 0.25) is 0 Å². The van der Waals surface area contributed by atoms with E-state index in [1.54, 1.807) is 0 Å². The number of nitrogens with zero attached hydrogens (tertiary/aromatic N) is 5. The van der Waals surface area contributed by atoms with Crippen LogP contribution in [0, 0.1) is 13.8 Å². The van der Waals surface area contributed by atoms with Gasteiger partial charge in [-0.2, -0.15) is 10.2 Å². The number of aromatic nitrogens is 5. The maximum Gasteiger partial charge on any atom is 0.267 e. The molecule has 0 saturated heterocycles. The Balaban J connectivity index is 0.949. The molecule has 0 bridgehead atoms. The van der Waals surface area contributed by atoms with Gasteiger partial charge in [0.25, 0.3) is 11.8 Å².